The lowest BCUT2D eigenvalue weighted by Crippen LogP contribution is -2.26. The Morgan fingerprint density at radius 1 is 1.44 bits per heavy atom. The van der Waals surface area contributed by atoms with Crippen LogP contribution >= 0.6 is 11.6 Å². The van der Waals surface area contributed by atoms with E-state index in [-0.39, 0.29) is 25.0 Å². The Balaban J connectivity index is 2.19. The van der Waals surface area contributed by atoms with Crippen molar-refractivity contribution in [1.29, 1.82) is 0 Å². The summed E-state index contributed by atoms with van der Waals surface area (Å²) in [5, 5.41) is 12.9. The van der Waals surface area contributed by atoms with Gasteiger partial charge in [0, 0.05) is 48.6 Å². The Labute approximate surface area is 206 Å². The predicted octanol–water partition coefficient (Wildman–Crippen LogP) is 3.99. The number of amides is 1. The molecule has 0 aliphatic carbocycles. The highest BCUT2D eigenvalue weighted by Crippen LogP contribution is 2.19. The van der Waals surface area contributed by atoms with Gasteiger partial charge >= 0.3 is 0 Å². The Kier molecular flexibility index (Phi) is 10.9. The van der Waals surface area contributed by atoms with E-state index in [2.05, 4.69) is 32.9 Å². The second-order valence-electron chi connectivity index (χ2n) is 8.06. The summed E-state index contributed by atoms with van der Waals surface area (Å²) >= 11 is 6.08. The number of nitrogens with two attached hydrogens (primary N) is 1. The van der Waals surface area contributed by atoms with E-state index in [0.717, 1.165) is 22.4 Å². The van der Waals surface area contributed by atoms with Crippen LogP contribution in [0.3, 0.4) is 0 Å². The number of carbonyl (C=O) groups is 1. The van der Waals surface area contributed by atoms with Crippen LogP contribution in [0.2, 0.25) is 0 Å². The number of hydrogen-bond donors (Lipinski definition) is 3. The van der Waals surface area contributed by atoms with E-state index in [1.807, 2.05) is 26.8 Å². The van der Waals surface area contributed by atoms with Crippen molar-refractivity contribution >= 4 is 35.3 Å². The molecular weight excluding hydrogens is 450 g/mol. The second kappa shape index (κ2) is 13.6. The van der Waals surface area contributed by atoms with Gasteiger partial charge in [-0.1, -0.05) is 43.3 Å². The van der Waals surface area contributed by atoms with E-state index in [0.29, 0.717) is 48.1 Å². The second-order valence-corrected chi connectivity index (χ2v) is 8.50. The third kappa shape index (κ3) is 8.39. The molecule has 0 saturated heterocycles. The summed E-state index contributed by atoms with van der Waals surface area (Å²) in [5.74, 6) is 0.366. The van der Waals surface area contributed by atoms with Gasteiger partial charge in [-0.25, -0.2) is 4.98 Å². The molecule has 0 fully saturated rings. The number of aliphatic hydroxyl groups is 1. The maximum Gasteiger partial charge on any atom is 0.247 e. The van der Waals surface area contributed by atoms with E-state index in [9.17, 15) is 9.90 Å². The van der Waals surface area contributed by atoms with Gasteiger partial charge in [0.2, 0.25) is 5.91 Å². The van der Waals surface area contributed by atoms with Crippen molar-refractivity contribution in [2.24, 2.45) is 15.9 Å². The number of aliphatic imine (C=N–C) groups is 2. The average molecular weight is 484 g/mol. The molecule has 0 aromatic carbocycles. The topological polar surface area (TPSA) is 113 Å². The van der Waals surface area contributed by atoms with Crippen LogP contribution in [0.4, 0.5) is 5.82 Å². The normalized spacial score (nSPS) is 16.9. The first-order valence-corrected chi connectivity index (χ1v) is 11.7. The van der Waals surface area contributed by atoms with Crippen LogP contribution in [0.15, 0.2) is 63.1 Å². The first-order chi connectivity index (χ1) is 16.3. The van der Waals surface area contributed by atoms with Crippen LogP contribution in [0.1, 0.15) is 36.6 Å². The number of dihydropyridines is 1. The fourth-order valence-electron chi connectivity index (χ4n) is 3.66. The van der Waals surface area contributed by atoms with Gasteiger partial charge in [-0.2, -0.15) is 0 Å². The van der Waals surface area contributed by atoms with Crippen molar-refractivity contribution in [3.8, 4) is 0 Å². The van der Waals surface area contributed by atoms with E-state index < -0.39 is 0 Å². The SMILES string of the molecule is C=C/C(=C\C1C=C(Cl)C=NC1)CC(/C=C(\CC)C(=O)NCc1c(C)cc(N)nc1C)=NCCO. The number of halogens is 1. The molecule has 1 unspecified atom stereocenters. The van der Waals surface area contributed by atoms with Gasteiger partial charge in [-0.3, -0.25) is 14.8 Å². The molecule has 0 bridgehead atoms. The fraction of sp³-hybridized carbons (Fsp3) is 0.385. The highest BCUT2D eigenvalue weighted by Gasteiger charge is 2.13. The summed E-state index contributed by atoms with van der Waals surface area (Å²) in [6, 6.07) is 1.80. The first kappa shape index (κ1) is 27.2. The molecule has 1 atom stereocenters. The Morgan fingerprint density at radius 3 is 2.82 bits per heavy atom. The van der Waals surface area contributed by atoms with Crippen LogP contribution in [-0.4, -0.2) is 47.6 Å². The predicted molar refractivity (Wildman–Crippen MR) is 141 cm³/mol. The van der Waals surface area contributed by atoms with Crippen molar-refractivity contribution < 1.29 is 9.90 Å². The summed E-state index contributed by atoms with van der Waals surface area (Å²) in [7, 11) is 0. The largest absolute Gasteiger partial charge is 0.394 e. The van der Waals surface area contributed by atoms with Gasteiger partial charge in [0.05, 0.1) is 18.2 Å². The monoisotopic (exact) mass is 483 g/mol. The van der Waals surface area contributed by atoms with E-state index in [1.165, 1.54) is 0 Å². The fourth-order valence-corrected chi connectivity index (χ4v) is 3.89. The highest BCUT2D eigenvalue weighted by atomic mass is 35.5. The molecule has 4 N–H and O–H groups in total. The van der Waals surface area contributed by atoms with Crippen LogP contribution in [0, 0.1) is 19.8 Å². The van der Waals surface area contributed by atoms with Crippen LogP contribution < -0.4 is 11.1 Å². The summed E-state index contributed by atoms with van der Waals surface area (Å²) in [5.41, 5.74) is 10.8. The molecule has 0 saturated carbocycles. The van der Waals surface area contributed by atoms with Crippen molar-refractivity contribution in [2.45, 2.75) is 40.2 Å². The third-order valence-corrected chi connectivity index (χ3v) is 5.63. The number of aliphatic hydroxyl groups excluding tert-OH is 1. The van der Waals surface area contributed by atoms with Crippen LogP contribution in [-0.2, 0) is 11.3 Å². The van der Waals surface area contributed by atoms with Crippen molar-refractivity contribution in [3.05, 3.63) is 69.9 Å². The third-order valence-electron chi connectivity index (χ3n) is 5.41. The Hall–Kier alpha value is -3.03. The Bertz CT molecular complexity index is 1030. The standard InChI is InChI=1S/C26H34ClN5O2/c1-5-19(10-20-11-22(27)15-29-14-20)12-23(30-7-8-33)13-21(6-2)26(34)31-16-24-17(3)9-25(28)32-18(24)4/h5,9-11,13,15,20,33H,1,6-8,12,14,16H2,2-4H3,(H2,28,32)(H,31,34)/b19-10+,21-13+,30-23?. The maximum absolute atomic E-state index is 13.0. The molecule has 34 heavy (non-hydrogen) atoms. The molecule has 2 rings (SSSR count). The summed E-state index contributed by atoms with van der Waals surface area (Å²) in [4.78, 5) is 26.0. The van der Waals surface area contributed by atoms with Gasteiger partial charge in [-0.05, 0) is 49.1 Å². The lowest BCUT2D eigenvalue weighted by molar-refractivity contribution is -0.117. The average Bonchev–Trinajstić information content (AvgIpc) is 2.79. The summed E-state index contributed by atoms with van der Waals surface area (Å²) < 4.78 is 0. The molecule has 0 radical (unpaired) electrons. The minimum absolute atomic E-state index is 0.0718. The minimum atomic E-state index is -0.171. The van der Waals surface area contributed by atoms with Crippen molar-refractivity contribution in [3.63, 3.8) is 0 Å². The molecular formula is C26H34ClN5O2. The first-order valence-electron chi connectivity index (χ1n) is 11.3. The van der Waals surface area contributed by atoms with E-state index >= 15 is 0 Å². The number of carbonyl (C=O) groups excluding carboxylic acids is 1. The number of aromatic nitrogens is 1. The van der Waals surface area contributed by atoms with E-state index in [4.69, 9.17) is 17.3 Å². The smallest absolute Gasteiger partial charge is 0.247 e. The summed E-state index contributed by atoms with van der Waals surface area (Å²) in [6.45, 7) is 10.8. The number of hydrogen-bond acceptors (Lipinski definition) is 6. The van der Waals surface area contributed by atoms with Crippen molar-refractivity contribution in [2.75, 3.05) is 25.4 Å². The van der Waals surface area contributed by atoms with E-state index in [1.54, 1.807) is 24.4 Å². The molecule has 1 aromatic rings. The van der Waals surface area contributed by atoms with Crippen LogP contribution in [0.5, 0.6) is 0 Å². The number of nitrogen functional groups attached to an aromatic ring is 1. The number of rotatable bonds is 11. The highest BCUT2D eigenvalue weighted by molar-refractivity contribution is 6.39. The number of anilines is 1. The van der Waals surface area contributed by atoms with Crippen LogP contribution in [0.25, 0.3) is 0 Å². The molecule has 1 aliphatic heterocycles. The quantitative estimate of drug-likeness (QED) is 0.251. The van der Waals surface area contributed by atoms with Gasteiger partial charge < -0.3 is 16.2 Å². The molecule has 182 valence electrons. The lowest BCUT2D eigenvalue weighted by atomic mass is 9.98. The number of allylic oxidation sites excluding steroid dienone is 4. The Morgan fingerprint density at radius 2 is 2.21 bits per heavy atom. The van der Waals surface area contributed by atoms with Crippen molar-refractivity contribution in [1.82, 2.24) is 10.3 Å². The molecule has 1 aromatic heterocycles. The zero-order valence-corrected chi connectivity index (χ0v) is 20.9. The molecule has 1 aliphatic rings. The minimum Gasteiger partial charge on any atom is -0.394 e. The molecule has 1 amide bonds. The number of aryl methyl sites for hydroxylation is 2. The summed E-state index contributed by atoms with van der Waals surface area (Å²) in [6.07, 6.45) is 10.2. The maximum atomic E-state index is 13.0. The molecule has 0 spiro atoms. The molecule has 8 heteroatoms. The number of nitrogens with zero attached hydrogens (tertiary/aromatic N) is 3. The van der Waals surface area contributed by atoms with Gasteiger partial charge in [0.1, 0.15) is 5.82 Å². The molecule has 7 nitrogen and oxygen atoms in total. The molecule has 2 heterocycles. The zero-order chi connectivity index (χ0) is 25.1. The number of nitrogens with one attached hydrogen (secondary N) is 1. The lowest BCUT2D eigenvalue weighted by Gasteiger charge is -2.14. The van der Waals surface area contributed by atoms with Gasteiger partial charge in [0.15, 0.2) is 0 Å². The van der Waals surface area contributed by atoms with Gasteiger partial charge in [0.25, 0.3) is 0 Å². The van der Waals surface area contributed by atoms with Gasteiger partial charge in [-0.15, -0.1) is 0 Å². The zero-order valence-electron chi connectivity index (χ0n) is 20.1. The number of pyridine rings is 1.